The number of fused-ring (bicyclic) bond motifs is 1. The van der Waals surface area contributed by atoms with Crippen LogP contribution in [-0.4, -0.2) is 19.8 Å². The van der Waals surface area contributed by atoms with Gasteiger partial charge in [0.15, 0.2) is 0 Å². The van der Waals surface area contributed by atoms with E-state index in [1.807, 2.05) is 0 Å². The number of rotatable bonds is 7. The molecular formula is C15H22BrNO. The topological polar surface area (TPSA) is 21.3 Å². The second-order valence-corrected chi connectivity index (χ2v) is 5.67. The monoisotopic (exact) mass is 311 g/mol. The maximum atomic E-state index is 5.49. The Morgan fingerprint density at radius 2 is 2.28 bits per heavy atom. The average Bonchev–Trinajstić information content (AvgIpc) is 2.79. The summed E-state index contributed by atoms with van der Waals surface area (Å²) in [4.78, 5) is 0. The standard InChI is InChI=1S/C15H22BrNO/c1-2-10-18-11-4-9-17-15-8-7-12-13(15)5-3-6-14(12)16/h3,5-6,15,17H,2,4,7-11H2,1H3. The van der Waals surface area contributed by atoms with Gasteiger partial charge >= 0.3 is 0 Å². The van der Waals surface area contributed by atoms with Crippen molar-refractivity contribution in [2.24, 2.45) is 0 Å². The minimum Gasteiger partial charge on any atom is -0.381 e. The molecule has 0 radical (unpaired) electrons. The SMILES string of the molecule is CCCOCCCNC1CCc2c(Br)cccc21. The van der Waals surface area contributed by atoms with Gasteiger partial charge in [0.1, 0.15) is 0 Å². The molecule has 0 saturated heterocycles. The van der Waals surface area contributed by atoms with Gasteiger partial charge < -0.3 is 10.1 Å². The lowest BCUT2D eigenvalue weighted by molar-refractivity contribution is 0.131. The van der Waals surface area contributed by atoms with E-state index in [9.17, 15) is 0 Å². The zero-order valence-electron chi connectivity index (χ0n) is 11.0. The molecule has 0 spiro atoms. The molecule has 0 aliphatic heterocycles. The van der Waals surface area contributed by atoms with Crippen LogP contribution >= 0.6 is 15.9 Å². The number of halogens is 1. The first-order valence-electron chi connectivity index (χ1n) is 6.91. The molecule has 1 aliphatic rings. The predicted molar refractivity (Wildman–Crippen MR) is 78.9 cm³/mol. The van der Waals surface area contributed by atoms with Gasteiger partial charge in [-0.05, 0) is 49.4 Å². The molecule has 2 rings (SSSR count). The molecule has 0 heterocycles. The van der Waals surface area contributed by atoms with Gasteiger partial charge in [0.05, 0.1) is 0 Å². The zero-order chi connectivity index (χ0) is 12.8. The Balaban J connectivity index is 1.75. The molecule has 3 heteroatoms. The van der Waals surface area contributed by atoms with Crippen LogP contribution in [0.4, 0.5) is 0 Å². The number of hydrogen-bond donors (Lipinski definition) is 1. The second kappa shape index (κ2) is 7.27. The third kappa shape index (κ3) is 3.56. The molecule has 0 fully saturated rings. The van der Waals surface area contributed by atoms with Gasteiger partial charge in [0, 0.05) is 23.7 Å². The first-order chi connectivity index (χ1) is 8.83. The predicted octanol–water partition coefficient (Wildman–Crippen LogP) is 3.84. The van der Waals surface area contributed by atoms with Crippen molar-refractivity contribution in [2.75, 3.05) is 19.8 Å². The van der Waals surface area contributed by atoms with Gasteiger partial charge in [-0.1, -0.05) is 35.0 Å². The lowest BCUT2D eigenvalue weighted by atomic mass is 10.1. The Kier molecular flexibility index (Phi) is 5.67. The van der Waals surface area contributed by atoms with E-state index in [4.69, 9.17) is 4.74 Å². The van der Waals surface area contributed by atoms with E-state index in [-0.39, 0.29) is 0 Å². The highest BCUT2D eigenvalue weighted by molar-refractivity contribution is 9.10. The van der Waals surface area contributed by atoms with E-state index in [2.05, 4.69) is 46.4 Å². The van der Waals surface area contributed by atoms with Crippen molar-refractivity contribution >= 4 is 15.9 Å². The van der Waals surface area contributed by atoms with Gasteiger partial charge in [0.25, 0.3) is 0 Å². The third-order valence-corrected chi connectivity index (χ3v) is 4.16. The molecule has 1 aromatic carbocycles. The minimum absolute atomic E-state index is 0.531. The van der Waals surface area contributed by atoms with Gasteiger partial charge in [0.2, 0.25) is 0 Å². The molecule has 0 aromatic heterocycles. The summed E-state index contributed by atoms with van der Waals surface area (Å²) in [6.07, 6.45) is 4.60. The third-order valence-electron chi connectivity index (χ3n) is 3.42. The molecule has 1 atom stereocenters. The summed E-state index contributed by atoms with van der Waals surface area (Å²) < 4.78 is 6.75. The number of benzene rings is 1. The van der Waals surface area contributed by atoms with Crippen LogP contribution in [0.15, 0.2) is 22.7 Å². The van der Waals surface area contributed by atoms with Gasteiger partial charge in [-0.3, -0.25) is 0 Å². The highest BCUT2D eigenvalue weighted by Crippen LogP contribution is 2.35. The summed E-state index contributed by atoms with van der Waals surface area (Å²) in [7, 11) is 0. The first-order valence-corrected chi connectivity index (χ1v) is 7.70. The average molecular weight is 312 g/mol. The highest BCUT2D eigenvalue weighted by atomic mass is 79.9. The number of hydrogen-bond acceptors (Lipinski definition) is 2. The minimum atomic E-state index is 0.531. The summed E-state index contributed by atoms with van der Waals surface area (Å²) in [6, 6.07) is 7.05. The fourth-order valence-electron chi connectivity index (χ4n) is 2.52. The maximum Gasteiger partial charge on any atom is 0.0478 e. The van der Waals surface area contributed by atoms with Crippen molar-refractivity contribution in [2.45, 2.75) is 38.6 Å². The van der Waals surface area contributed by atoms with Crippen molar-refractivity contribution in [1.29, 1.82) is 0 Å². The Hall–Kier alpha value is -0.380. The van der Waals surface area contributed by atoms with E-state index in [0.717, 1.165) is 32.6 Å². The zero-order valence-corrected chi connectivity index (χ0v) is 12.6. The summed E-state index contributed by atoms with van der Waals surface area (Å²) in [5.41, 5.74) is 2.95. The van der Waals surface area contributed by atoms with Crippen molar-refractivity contribution in [3.05, 3.63) is 33.8 Å². The summed E-state index contributed by atoms with van der Waals surface area (Å²) in [6.45, 7) is 4.95. The molecule has 1 aliphatic carbocycles. The summed E-state index contributed by atoms with van der Waals surface area (Å²) in [5, 5.41) is 3.64. The van der Waals surface area contributed by atoms with Crippen LogP contribution in [-0.2, 0) is 11.2 Å². The second-order valence-electron chi connectivity index (χ2n) is 4.82. The van der Waals surface area contributed by atoms with Crippen molar-refractivity contribution < 1.29 is 4.74 Å². The normalized spacial score (nSPS) is 18.0. The van der Waals surface area contributed by atoms with Crippen LogP contribution in [0.1, 0.15) is 43.4 Å². The van der Waals surface area contributed by atoms with Crippen molar-refractivity contribution in [3.8, 4) is 0 Å². The largest absolute Gasteiger partial charge is 0.381 e. The Morgan fingerprint density at radius 1 is 1.39 bits per heavy atom. The van der Waals surface area contributed by atoms with Crippen LogP contribution < -0.4 is 5.32 Å². The van der Waals surface area contributed by atoms with E-state index < -0.39 is 0 Å². The summed E-state index contributed by atoms with van der Waals surface area (Å²) in [5.74, 6) is 0. The molecule has 0 bridgehead atoms. The Morgan fingerprint density at radius 3 is 3.11 bits per heavy atom. The van der Waals surface area contributed by atoms with E-state index >= 15 is 0 Å². The lowest BCUT2D eigenvalue weighted by Gasteiger charge is -2.14. The van der Waals surface area contributed by atoms with Crippen molar-refractivity contribution in [3.63, 3.8) is 0 Å². The Bertz CT molecular complexity index is 381. The molecule has 0 amide bonds. The smallest absolute Gasteiger partial charge is 0.0478 e. The van der Waals surface area contributed by atoms with Crippen LogP contribution in [0, 0.1) is 0 Å². The lowest BCUT2D eigenvalue weighted by Crippen LogP contribution is -2.21. The van der Waals surface area contributed by atoms with Crippen LogP contribution in [0.25, 0.3) is 0 Å². The van der Waals surface area contributed by atoms with Crippen LogP contribution in [0.2, 0.25) is 0 Å². The molecule has 1 aromatic rings. The van der Waals surface area contributed by atoms with Gasteiger partial charge in [-0.2, -0.15) is 0 Å². The number of nitrogens with one attached hydrogen (secondary N) is 1. The fourth-order valence-corrected chi connectivity index (χ4v) is 3.10. The summed E-state index contributed by atoms with van der Waals surface area (Å²) >= 11 is 3.64. The molecular weight excluding hydrogens is 290 g/mol. The molecule has 0 saturated carbocycles. The molecule has 1 unspecified atom stereocenters. The Labute approximate surface area is 118 Å². The molecule has 1 N–H and O–H groups in total. The van der Waals surface area contributed by atoms with Crippen LogP contribution in [0.5, 0.6) is 0 Å². The van der Waals surface area contributed by atoms with E-state index in [0.29, 0.717) is 6.04 Å². The molecule has 2 nitrogen and oxygen atoms in total. The molecule has 18 heavy (non-hydrogen) atoms. The van der Waals surface area contributed by atoms with Gasteiger partial charge in [-0.25, -0.2) is 0 Å². The quantitative estimate of drug-likeness (QED) is 0.772. The highest BCUT2D eigenvalue weighted by Gasteiger charge is 2.22. The number of ether oxygens (including phenoxy) is 1. The first kappa shape index (κ1) is 14.0. The van der Waals surface area contributed by atoms with Crippen LogP contribution in [0.3, 0.4) is 0 Å². The van der Waals surface area contributed by atoms with E-state index in [1.165, 1.54) is 28.4 Å². The fraction of sp³-hybridized carbons (Fsp3) is 0.600. The molecule has 100 valence electrons. The maximum absolute atomic E-state index is 5.49. The van der Waals surface area contributed by atoms with Gasteiger partial charge in [-0.15, -0.1) is 0 Å². The van der Waals surface area contributed by atoms with E-state index in [1.54, 1.807) is 0 Å². The van der Waals surface area contributed by atoms with Crippen molar-refractivity contribution in [1.82, 2.24) is 5.32 Å².